The van der Waals surface area contributed by atoms with Gasteiger partial charge in [0, 0.05) is 69.4 Å². The summed E-state index contributed by atoms with van der Waals surface area (Å²) in [5.41, 5.74) is 2.06. The van der Waals surface area contributed by atoms with Crippen LogP contribution in [0, 0.1) is 0 Å². The van der Waals surface area contributed by atoms with Crippen molar-refractivity contribution in [2.75, 3.05) is 63.9 Å². The van der Waals surface area contributed by atoms with Crippen molar-refractivity contribution in [1.82, 2.24) is 14.7 Å². The van der Waals surface area contributed by atoms with Gasteiger partial charge in [0.05, 0.1) is 6.61 Å². The maximum atomic E-state index is 12.6. The molecule has 5 nitrogen and oxygen atoms in total. The highest BCUT2D eigenvalue weighted by Crippen LogP contribution is 2.15. The van der Waals surface area contributed by atoms with Gasteiger partial charge in [-0.3, -0.25) is 14.6 Å². The van der Waals surface area contributed by atoms with E-state index < -0.39 is 0 Å². The van der Waals surface area contributed by atoms with Crippen LogP contribution in [-0.4, -0.2) is 89.6 Å². The number of piperazine rings is 1. The number of amides is 1. The van der Waals surface area contributed by atoms with Crippen LogP contribution in [0.3, 0.4) is 0 Å². The lowest BCUT2D eigenvalue weighted by molar-refractivity contribution is 0.0615. The summed E-state index contributed by atoms with van der Waals surface area (Å²) in [5.74, 6) is 2.57. The SMILES string of the molecule is O=C(c1ccc(CN2CCSCC2)cc1)N1CCN(CCO)CC1. The van der Waals surface area contributed by atoms with E-state index in [4.69, 9.17) is 5.11 Å². The molecular weight excluding hydrogens is 322 g/mol. The van der Waals surface area contributed by atoms with Crippen LogP contribution in [0.2, 0.25) is 0 Å². The summed E-state index contributed by atoms with van der Waals surface area (Å²) in [7, 11) is 0. The Hall–Kier alpha value is -1.08. The molecule has 0 atom stereocenters. The van der Waals surface area contributed by atoms with Gasteiger partial charge in [0.15, 0.2) is 0 Å². The van der Waals surface area contributed by atoms with Crippen LogP contribution in [0.15, 0.2) is 24.3 Å². The molecule has 0 bridgehead atoms. The fourth-order valence-electron chi connectivity index (χ4n) is 3.27. The predicted octanol–water partition coefficient (Wildman–Crippen LogP) is 0.986. The van der Waals surface area contributed by atoms with Gasteiger partial charge >= 0.3 is 0 Å². The summed E-state index contributed by atoms with van der Waals surface area (Å²) in [6, 6.07) is 8.13. The number of carbonyl (C=O) groups excluding carboxylic acids is 1. The monoisotopic (exact) mass is 349 g/mol. The Morgan fingerprint density at radius 2 is 1.62 bits per heavy atom. The first-order valence-electron chi connectivity index (χ1n) is 8.78. The second kappa shape index (κ2) is 8.85. The van der Waals surface area contributed by atoms with Crippen molar-refractivity contribution in [3.05, 3.63) is 35.4 Å². The van der Waals surface area contributed by atoms with Crippen molar-refractivity contribution in [2.24, 2.45) is 0 Å². The first-order chi connectivity index (χ1) is 11.8. The Morgan fingerprint density at radius 1 is 0.958 bits per heavy atom. The zero-order valence-electron chi connectivity index (χ0n) is 14.2. The molecule has 0 aliphatic carbocycles. The molecule has 3 rings (SSSR count). The molecule has 0 spiro atoms. The highest BCUT2D eigenvalue weighted by molar-refractivity contribution is 7.99. The normalized spacial score (nSPS) is 20.3. The van der Waals surface area contributed by atoms with Crippen LogP contribution in [0.1, 0.15) is 15.9 Å². The van der Waals surface area contributed by atoms with Gasteiger partial charge in [0.25, 0.3) is 5.91 Å². The number of aliphatic hydroxyl groups excluding tert-OH is 1. The Kier molecular flexibility index (Phi) is 6.54. The van der Waals surface area contributed by atoms with Gasteiger partial charge in [-0.2, -0.15) is 11.8 Å². The van der Waals surface area contributed by atoms with E-state index in [0.717, 1.165) is 51.4 Å². The third kappa shape index (κ3) is 4.72. The van der Waals surface area contributed by atoms with Crippen molar-refractivity contribution >= 4 is 17.7 Å². The van der Waals surface area contributed by atoms with E-state index in [1.54, 1.807) is 0 Å². The minimum absolute atomic E-state index is 0.125. The van der Waals surface area contributed by atoms with Gasteiger partial charge < -0.3 is 10.0 Å². The molecule has 0 saturated carbocycles. The minimum Gasteiger partial charge on any atom is -0.395 e. The zero-order valence-corrected chi connectivity index (χ0v) is 15.0. The summed E-state index contributed by atoms with van der Waals surface area (Å²) in [6.45, 7) is 7.35. The molecule has 6 heteroatoms. The summed E-state index contributed by atoms with van der Waals surface area (Å²) < 4.78 is 0. The Labute approximate surface area is 148 Å². The summed E-state index contributed by atoms with van der Waals surface area (Å²) >= 11 is 2.03. The van der Waals surface area contributed by atoms with Gasteiger partial charge in [0.1, 0.15) is 0 Å². The van der Waals surface area contributed by atoms with E-state index in [1.165, 1.54) is 17.1 Å². The van der Waals surface area contributed by atoms with Crippen LogP contribution in [0.25, 0.3) is 0 Å². The molecule has 2 saturated heterocycles. The lowest BCUT2D eigenvalue weighted by atomic mass is 10.1. The van der Waals surface area contributed by atoms with Crippen LogP contribution in [0.4, 0.5) is 0 Å². The van der Waals surface area contributed by atoms with Crippen molar-refractivity contribution < 1.29 is 9.90 Å². The van der Waals surface area contributed by atoms with E-state index in [0.29, 0.717) is 6.54 Å². The van der Waals surface area contributed by atoms with Crippen molar-refractivity contribution in [2.45, 2.75) is 6.54 Å². The van der Waals surface area contributed by atoms with Crippen molar-refractivity contribution in [1.29, 1.82) is 0 Å². The van der Waals surface area contributed by atoms with Crippen molar-refractivity contribution in [3.63, 3.8) is 0 Å². The van der Waals surface area contributed by atoms with Gasteiger partial charge in [-0.15, -0.1) is 0 Å². The van der Waals surface area contributed by atoms with Gasteiger partial charge in [-0.05, 0) is 17.7 Å². The van der Waals surface area contributed by atoms with E-state index in [9.17, 15) is 4.79 Å². The number of hydrogen-bond acceptors (Lipinski definition) is 5. The quantitative estimate of drug-likeness (QED) is 0.859. The molecule has 2 aliphatic heterocycles. The molecule has 2 fully saturated rings. The number of rotatable bonds is 5. The Balaban J connectivity index is 1.52. The second-order valence-electron chi connectivity index (χ2n) is 6.44. The number of aliphatic hydroxyl groups is 1. The predicted molar refractivity (Wildman–Crippen MR) is 98.5 cm³/mol. The Morgan fingerprint density at radius 3 is 2.25 bits per heavy atom. The molecule has 1 aromatic carbocycles. The highest BCUT2D eigenvalue weighted by atomic mass is 32.2. The van der Waals surface area contributed by atoms with Gasteiger partial charge in [0.2, 0.25) is 0 Å². The molecule has 0 radical (unpaired) electrons. The standard InChI is InChI=1S/C18H27N3O2S/c22-12-9-19-5-7-21(8-6-19)18(23)17-3-1-16(2-4-17)15-20-10-13-24-14-11-20/h1-4,22H,5-15H2. The average Bonchev–Trinajstić information content (AvgIpc) is 2.64. The lowest BCUT2D eigenvalue weighted by Crippen LogP contribution is -2.49. The maximum Gasteiger partial charge on any atom is 0.253 e. The molecule has 24 heavy (non-hydrogen) atoms. The summed E-state index contributed by atoms with van der Waals surface area (Å²) in [4.78, 5) is 19.2. The lowest BCUT2D eigenvalue weighted by Gasteiger charge is -2.34. The molecule has 2 aliphatic rings. The molecule has 0 unspecified atom stereocenters. The van der Waals surface area contributed by atoms with Crippen LogP contribution in [0.5, 0.6) is 0 Å². The molecular formula is C18H27N3O2S. The summed E-state index contributed by atoms with van der Waals surface area (Å²) in [5, 5.41) is 8.99. The minimum atomic E-state index is 0.125. The molecule has 1 aromatic rings. The average molecular weight is 350 g/mol. The van der Waals surface area contributed by atoms with Crippen molar-refractivity contribution in [3.8, 4) is 0 Å². The molecule has 132 valence electrons. The smallest absolute Gasteiger partial charge is 0.253 e. The molecule has 1 amide bonds. The number of thioether (sulfide) groups is 1. The van der Waals surface area contributed by atoms with Gasteiger partial charge in [-0.25, -0.2) is 0 Å². The third-order valence-corrected chi connectivity index (χ3v) is 5.73. The van der Waals surface area contributed by atoms with E-state index in [1.807, 2.05) is 28.8 Å². The third-order valence-electron chi connectivity index (χ3n) is 4.79. The molecule has 2 heterocycles. The first kappa shape index (κ1) is 17.7. The van der Waals surface area contributed by atoms with Gasteiger partial charge in [-0.1, -0.05) is 12.1 Å². The Bertz CT molecular complexity index is 524. The number of hydrogen-bond donors (Lipinski definition) is 1. The first-order valence-corrected chi connectivity index (χ1v) is 9.93. The largest absolute Gasteiger partial charge is 0.395 e. The highest BCUT2D eigenvalue weighted by Gasteiger charge is 2.21. The second-order valence-corrected chi connectivity index (χ2v) is 7.67. The summed E-state index contributed by atoms with van der Waals surface area (Å²) in [6.07, 6.45) is 0. The molecule has 1 N–H and O–H groups in total. The maximum absolute atomic E-state index is 12.6. The van der Waals surface area contributed by atoms with E-state index >= 15 is 0 Å². The number of carbonyl (C=O) groups is 1. The van der Waals surface area contributed by atoms with Crippen LogP contribution in [-0.2, 0) is 6.54 Å². The van der Waals surface area contributed by atoms with E-state index in [2.05, 4.69) is 21.9 Å². The van der Waals surface area contributed by atoms with E-state index in [-0.39, 0.29) is 12.5 Å². The molecule has 0 aromatic heterocycles. The fourth-order valence-corrected chi connectivity index (χ4v) is 4.25. The zero-order chi connectivity index (χ0) is 16.8. The number of nitrogens with zero attached hydrogens (tertiary/aromatic N) is 3. The number of benzene rings is 1. The van der Waals surface area contributed by atoms with Crippen LogP contribution >= 0.6 is 11.8 Å². The number of β-amino-alcohol motifs (C(OH)–C–C–N with tert-alkyl or cyclic N) is 1. The topological polar surface area (TPSA) is 47.0 Å². The fraction of sp³-hybridized carbons (Fsp3) is 0.611. The van der Waals surface area contributed by atoms with Crippen LogP contribution < -0.4 is 0 Å².